The predicted octanol–water partition coefficient (Wildman–Crippen LogP) is 3.67. The van der Waals surface area contributed by atoms with Gasteiger partial charge in [-0.3, -0.25) is 4.79 Å². The van der Waals surface area contributed by atoms with Crippen molar-refractivity contribution in [2.24, 2.45) is 0 Å². The van der Waals surface area contributed by atoms with Crippen molar-refractivity contribution in [1.29, 1.82) is 0 Å². The van der Waals surface area contributed by atoms with Crippen molar-refractivity contribution in [2.45, 2.75) is 6.54 Å². The van der Waals surface area contributed by atoms with E-state index in [4.69, 9.17) is 14.2 Å². The first-order valence-electron chi connectivity index (χ1n) is 8.24. The van der Waals surface area contributed by atoms with Crippen molar-refractivity contribution in [3.8, 4) is 23.1 Å². The minimum Gasteiger partial charge on any atom is -0.454 e. The van der Waals surface area contributed by atoms with E-state index < -0.39 is 5.82 Å². The quantitative estimate of drug-likeness (QED) is 0.746. The van der Waals surface area contributed by atoms with Crippen LogP contribution in [0, 0.1) is 5.82 Å². The number of carbonyl (C=O) groups is 1. The lowest BCUT2D eigenvalue weighted by Crippen LogP contribution is -2.23. The van der Waals surface area contributed by atoms with Gasteiger partial charge in [0.05, 0.1) is 0 Å². The van der Waals surface area contributed by atoms with E-state index in [1.807, 2.05) is 0 Å². The van der Waals surface area contributed by atoms with E-state index in [-0.39, 0.29) is 19.2 Å². The average molecular weight is 366 g/mol. The molecule has 1 aliphatic heterocycles. The van der Waals surface area contributed by atoms with Crippen LogP contribution in [0.2, 0.25) is 0 Å². The largest absolute Gasteiger partial charge is 0.454 e. The van der Waals surface area contributed by atoms with Gasteiger partial charge in [0.25, 0.3) is 5.91 Å². The van der Waals surface area contributed by atoms with Crippen LogP contribution >= 0.6 is 0 Å². The molecule has 1 amide bonds. The molecule has 0 radical (unpaired) electrons. The molecule has 0 saturated heterocycles. The average Bonchev–Trinajstić information content (AvgIpc) is 3.15. The van der Waals surface area contributed by atoms with Crippen LogP contribution in [0.15, 0.2) is 60.8 Å². The Hall–Kier alpha value is -3.61. The van der Waals surface area contributed by atoms with Gasteiger partial charge < -0.3 is 19.5 Å². The number of amides is 1. The third kappa shape index (κ3) is 3.82. The zero-order chi connectivity index (χ0) is 18.6. The minimum atomic E-state index is -0.402. The number of carbonyl (C=O) groups excluding carboxylic acids is 1. The molecule has 0 saturated carbocycles. The van der Waals surface area contributed by atoms with Gasteiger partial charge in [-0.1, -0.05) is 12.1 Å². The molecule has 1 N–H and O–H groups in total. The van der Waals surface area contributed by atoms with Gasteiger partial charge in [-0.25, -0.2) is 9.37 Å². The normalized spacial score (nSPS) is 11.9. The number of halogens is 1. The molecule has 7 heteroatoms. The fourth-order valence-electron chi connectivity index (χ4n) is 2.61. The summed E-state index contributed by atoms with van der Waals surface area (Å²) in [4.78, 5) is 16.6. The number of fused-ring (bicyclic) bond motifs is 1. The first kappa shape index (κ1) is 16.8. The van der Waals surface area contributed by atoms with Crippen molar-refractivity contribution in [2.75, 3.05) is 6.79 Å². The summed E-state index contributed by atoms with van der Waals surface area (Å²) in [7, 11) is 0. The van der Waals surface area contributed by atoms with Crippen LogP contribution in [0.5, 0.6) is 23.1 Å². The topological polar surface area (TPSA) is 69.7 Å². The number of hydrogen-bond donors (Lipinski definition) is 1. The first-order chi connectivity index (χ1) is 13.2. The van der Waals surface area contributed by atoms with E-state index in [2.05, 4.69) is 10.3 Å². The predicted molar refractivity (Wildman–Crippen MR) is 94.4 cm³/mol. The highest BCUT2D eigenvalue weighted by molar-refractivity contribution is 5.94. The Morgan fingerprint density at radius 2 is 2.00 bits per heavy atom. The molecule has 2 heterocycles. The van der Waals surface area contributed by atoms with Crippen LogP contribution in [0.3, 0.4) is 0 Å². The maximum atomic E-state index is 13.3. The molecule has 3 aromatic rings. The molecule has 1 aliphatic rings. The van der Waals surface area contributed by atoms with Gasteiger partial charge in [0, 0.05) is 29.9 Å². The first-order valence-corrected chi connectivity index (χ1v) is 8.24. The summed E-state index contributed by atoms with van der Waals surface area (Å²) in [6, 6.07) is 14.3. The Kier molecular flexibility index (Phi) is 4.57. The van der Waals surface area contributed by atoms with Gasteiger partial charge in [-0.15, -0.1) is 0 Å². The summed E-state index contributed by atoms with van der Waals surface area (Å²) in [5, 5.41) is 2.81. The summed E-state index contributed by atoms with van der Waals surface area (Å²) >= 11 is 0. The number of rotatable bonds is 5. The molecule has 1 aromatic heterocycles. The Bertz CT molecular complexity index is 993. The lowest BCUT2D eigenvalue weighted by atomic mass is 10.2. The van der Waals surface area contributed by atoms with Crippen molar-refractivity contribution < 1.29 is 23.4 Å². The second-order valence-electron chi connectivity index (χ2n) is 5.78. The Morgan fingerprint density at radius 1 is 1.11 bits per heavy atom. The zero-order valence-corrected chi connectivity index (χ0v) is 14.1. The second-order valence-corrected chi connectivity index (χ2v) is 5.78. The molecule has 4 rings (SSSR count). The minimum absolute atomic E-state index is 0.150. The molecular formula is C20H15FN2O4. The van der Waals surface area contributed by atoms with Crippen LogP contribution in [0.25, 0.3) is 0 Å². The van der Waals surface area contributed by atoms with Gasteiger partial charge in [0.15, 0.2) is 11.5 Å². The smallest absolute Gasteiger partial charge is 0.251 e. The number of aromatic nitrogens is 1. The van der Waals surface area contributed by atoms with Crippen molar-refractivity contribution in [3.63, 3.8) is 0 Å². The fraction of sp³-hybridized carbons (Fsp3) is 0.100. The molecule has 0 aliphatic carbocycles. The maximum Gasteiger partial charge on any atom is 0.251 e. The highest BCUT2D eigenvalue weighted by Crippen LogP contribution is 2.32. The number of pyridine rings is 1. The second kappa shape index (κ2) is 7.33. The van der Waals surface area contributed by atoms with Crippen LogP contribution in [-0.2, 0) is 6.54 Å². The number of nitrogens with one attached hydrogen (secondary N) is 1. The standard InChI is InChI=1S/C20H15FN2O4/c21-15-4-1-5-16(10-15)27-20-14(3-2-8-22-20)11-23-19(24)13-6-7-17-18(9-13)26-12-25-17/h1-10H,11-12H2,(H,23,24). The van der Waals surface area contributed by atoms with Crippen LogP contribution in [0.1, 0.15) is 15.9 Å². The summed E-state index contributed by atoms with van der Waals surface area (Å²) in [6.07, 6.45) is 1.57. The molecule has 6 nitrogen and oxygen atoms in total. The monoisotopic (exact) mass is 366 g/mol. The van der Waals surface area contributed by atoms with Gasteiger partial charge in [-0.2, -0.15) is 0 Å². The van der Waals surface area contributed by atoms with Gasteiger partial charge >= 0.3 is 0 Å². The number of nitrogens with zero attached hydrogens (tertiary/aromatic N) is 1. The third-order valence-electron chi connectivity index (χ3n) is 3.93. The third-order valence-corrected chi connectivity index (χ3v) is 3.93. The van der Waals surface area contributed by atoms with Gasteiger partial charge in [-0.05, 0) is 36.4 Å². The summed E-state index contributed by atoms with van der Waals surface area (Å²) < 4.78 is 29.5. The van der Waals surface area contributed by atoms with Crippen molar-refractivity contribution in [3.05, 3.63) is 77.7 Å². The van der Waals surface area contributed by atoms with Crippen LogP contribution in [0.4, 0.5) is 4.39 Å². The lowest BCUT2D eigenvalue weighted by Gasteiger charge is -2.11. The van der Waals surface area contributed by atoms with Crippen LogP contribution in [-0.4, -0.2) is 17.7 Å². The summed E-state index contributed by atoms with van der Waals surface area (Å²) in [5.41, 5.74) is 1.12. The van der Waals surface area contributed by atoms with E-state index in [0.717, 1.165) is 0 Å². The van der Waals surface area contributed by atoms with E-state index in [1.54, 1.807) is 48.7 Å². The molecule has 0 spiro atoms. The van der Waals surface area contributed by atoms with E-state index in [9.17, 15) is 9.18 Å². The molecule has 0 bridgehead atoms. The summed E-state index contributed by atoms with van der Waals surface area (Å²) in [5.74, 6) is 1.12. The molecule has 0 fully saturated rings. The molecule has 136 valence electrons. The van der Waals surface area contributed by atoms with Crippen molar-refractivity contribution in [1.82, 2.24) is 10.3 Å². The molecule has 0 atom stereocenters. The molecule has 0 unspecified atom stereocenters. The maximum absolute atomic E-state index is 13.3. The Balaban J connectivity index is 1.46. The Labute approximate surface area is 154 Å². The number of hydrogen-bond acceptors (Lipinski definition) is 5. The number of ether oxygens (including phenoxy) is 3. The SMILES string of the molecule is O=C(NCc1cccnc1Oc1cccc(F)c1)c1ccc2c(c1)OCO2. The lowest BCUT2D eigenvalue weighted by molar-refractivity contribution is 0.0950. The highest BCUT2D eigenvalue weighted by Gasteiger charge is 2.16. The molecular weight excluding hydrogens is 351 g/mol. The fourth-order valence-corrected chi connectivity index (χ4v) is 2.61. The van der Waals surface area contributed by atoms with E-state index in [1.165, 1.54) is 12.1 Å². The van der Waals surface area contributed by atoms with E-state index in [0.29, 0.717) is 34.3 Å². The molecule has 2 aromatic carbocycles. The van der Waals surface area contributed by atoms with Crippen molar-refractivity contribution >= 4 is 5.91 Å². The number of benzene rings is 2. The Morgan fingerprint density at radius 3 is 2.89 bits per heavy atom. The zero-order valence-electron chi connectivity index (χ0n) is 14.1. The van der Waals surface area contributed by atoms with Gasteiger partial charge in [0.2, 0.25) is 12.7 Å². The highest BCUT2D eigenvalue weighted by atomic mass is 19.1. The van der Waals surface area contributed by atoms with E-state index >= 15 is 0 Å². The van der Waals surface area contributed by atoms with Gasteiger partial charge in [0.1, 0.15) is 11.6 Å². The van der Waals surface area contributed by atoms with Crippen LogP contribution < -0.4 is 19.5 Å². The summed E-state index contributed by atoms with van der Waals surface area (Å²) in [6.45, 7) is 0.350. The molecule has 27 heavy (non-hydrogen) atoms.